The standard InChI is InChI=1S/C6N12O9/c19-15(3-5(17(21)22)13-26-11-3)7-1-2(10-25-9-1)8-16(20)4-6(18(23)24)14-27-12-4. The summed E-state index contributed by atoms with van der Waals surface area (Å²) in [6, 6.07) is 0. The summed E-state index contributed by atoms with van der Waals surface area (Å²) in [4.78, 5) is 18.3. The van der Waals surface area contributed by atoms with E-state index in [1.807, 2.05) is 0 Å². The normalized spacial score (nSPS) is 12.3. The summed E-state index contributed by atoms with van der Waals surface area (Å²) in [6.07, 6.45) is 0. The summed E-state index contributed by atoms with van der Waals surface area (Å²) in [6.45, 7) is 0. The Labute approximate surface area is 141 Å². The van der Waals surface area contributed by atoms with Gasteiger partial charge in [-0.2, -0.15) is 0 Å². The second kappa shape index (κ2) is 6.49. The van der Waals surface area contributed by atoms with Gasteiger partial charge >= 0.3 is 23.3 Å². The molecule has 0 saturated carbocycles. The van der Waals surface area contributed by atoms with Gasteiger partial charge < -0.3 is 30.6 Å². The van der Waals surface area contributed by atoms with Crippen LogP contribution >= 0.6 is 0 Å². The van der Waals surface area contributed by atoms with Crippen LogP contribution < -0.4 is 0 Å². The molecule has 3 heterocycles. The molecule has 0 fully saturated rings. The van der Waals surface area contributed by atoms with Crippen molar-refractivity contribution in [2.24, 2.45) is 10.2 Å². The molecule has 0 saturated heterocycles. The average molecular weight is 384 g/mol. The SMILES string of the molecule is O=[N+]([O-])c1nonc1[N+]([O-])=Nc1nonc1N=[N+]([O-])c1nonc1[N+](=O)[O-]. The predicted molar refractivity (Wildman–Crippen MR) is 67.0 cm³/mol. The average Bonchev–Trinajstić information content (AvgIpc) is 3.35. The van der Waals surface area contributed by atoms with E-state index in [0.717, 1.165) is 0 Å². The molecule has 0 N–H and O–H groups in total. The molecular weight excluding hydrogens is 384 g/mol. The molecule has 21 nitrogen and oxygen atoms in total. The Morgan fingerprint density at radius 2 is 0.926 bits per heavy atom. The van der Waals surface area contributed by atoms with Crippen molar-refractivity contribution in [2.45, 2.75) is 0 Å². The van der Waals surface area contributed by atoms with Crippen molar-refractivity contribution in [3.05, 3.63) is 30.6 Å². The van der Waals surface area contributed by atoms with Gasteiger partial charge in [0, 0.05) is 0 Å². The molecule has 0 aromatic carbocycles. The molecule has 0 aliphatic rings. The van der Waals surface area contributed by atoms with Crippen molar-refractivity contribution >= 4 is 34.9 Å². The van der Waals surface area contributed by atoms with E-state index in [-0.39, 0.29) is 0 Å². The van der Waals surface area contributed by atoms with E-state index >= 15 is 0 Å². The van der Waals surface area contributed by atoms with Crippen LogP contribution in [-0.2, 0) is 0 Å². The van der Waals surface area contributed by atoms with Gasteiger partial charge in [-0.1, -0.05) is 10.2 Å². The first kappa shape index (κ1) is 16.9. The van der Waals surface area contributed by atoms with Crippen LogP contribution in [0.15, 0.2) is 24.1 Å². The summed E-state index contributed by atoms with van der Waals surface area (Å²) in [5.41, 5.74) is 0. The molecule has 3 rings (SSSR count). The van der Waals surface area contributed by atoms with Crippen LogP contribution in [-0.4, -0.2) is 50.5 Å². The number of rotatable bonds is 6. The van der Waals surface area contributed by atoms with Gasteiger partial charge in [0.1, 0.15) is 0 Å². The zero-order chi connectivity index (χ0) is 19.6. The molecule has 138 valence electrons. The largest absolute Gasteiger partial charge is 0.690 e. The quantitative estimate of drug-likeness (QED) is 0.242. The fourth-order valence-electron chi connectivity index (χ4n) is 1.40. The Balaban J connectivity index is 1.96. The summed E-state index contributed by atoms with van der Waals surface area (Å²) in [7, 11) is 0. The molecule has 3 aromatic heterocycles. The van der Waals surface area contributed by atoms with Gasteiger partial charge in [0.15, 0.2) is 0 Å². The number of aromatic nitrogens is 6. The highest BCUT2D eigenvalue weighted by atomic mass is 16.7. The Bertz CT molecular complexity index is 992. The zero-order valence-corrected chi connectivity index (χ0v) is 12.0. The minimum atomic E-state index is -1.07. The fourth-order valence-corrected chi connectivity index (χ4v) is 1.40. The zero-order valence-electron chi connectivity index (χ0n) is 12.0. The van der Waals surface area contributed by atoms with Crippen molar-refractivity contribution in [2.75, 3.05) is 0 Å². The van der Waals surface area contributed by atoms with Crippen molar-refractivity contribution in [3.63, 3.8) is 0 Å². The van der Waals surface area contributed by atoms with E-state index in [4.69, 9.17) is 0 Å². The summed E-state index contributed by atoms with van der Waals surface area (Å²) in [5, 5.41) is 69.4. The molecule has 0 amide bonds. The van der Waals surface area contributed by atoms with Crippen molar-refractivity contribution in [1.29, 1.82) is 0 Å². The van der Waals surface area contributed by atoms with E-state index in [1.54, 1.807) is 0 Å². The maximum atomic E-state index is 11.8. The minimum absolute atomic E-state index is 0.428. The Kier molecular flexibility index (Phi) is 4.06. The molecule has 0 aliphatic carbocycles. The summed E-state index contributed by atoms with van der Waals surface area (Å²) >= 11 is 0. The van der Waals surface area contributed by atoms with Gasteiger partial charge in [0.2, 0.25) is 20.6 Å². The smallest absolute Gasteiger partial charge is 0.515 e. The molecular formula is C6N12O9. The number of nitro groups is 2. The van der Waals surface area contributed by atoms with E-state index in [2.05, 4.69) is 55.1 Å². The van der Waals surface area contributed by atoms with Gasteiger partial charge in [-0.05, 0) is 29.4 Å². The summed E-state index contributed by atoms with van der Waals surface area (Å²) in [5.74, 6) is -5.52. The van der Waals surface area contributed by atoms with Crippen LogP contribution in [0.1, 0.15) is 0 Å². The molecule has 3 aromatic rings. The van der Waals surface area contributed by atoms with E-state index < -0.39 is 54.5 Å². The highest BCUT2D eigenvalue weighted by Gasteiger charge is 2.35. The van der Waals surface area contributed by atoms with Crippen LogP contribution in [0, 0.1) is 30.6 Å². The number of hydrogen-bond acceptors (Lipinski definition) is 17. The predicted octanol–water partition coefficient (Wildman–Crippen LogP) is 0.503. The Hall–Kier alpha value is -4.98. The van der Waals surface area contributed by atoms with Crippen molar-refractivity contribution in [3.8, 4) is 0 Å². The van der Waals surface area contributed by atoms with E-state index in [0.29, 0.717) is 0 Å². The lowest BCUT2D eigenvalue weighted by Crippen LogP contribution is -1.98. The molecule has 0 bridgehead atoms. The molecule has 0 unspecified atom stereocenters. The second-order valence-electron chi connectivity index (χ2n) is 3.99. The van der Waals surface area contributed by atoms with Crippen molar-refractivity contribution < 1.29 is 33.5 Å². The van der Waals surface area contributed by atoms with Crippen LogP contribution in [0.5, 0.6) is 0 Å². The first-order chi connectivity index (χ1) is 12.9. The molecule has 27 heavy (non-hydrogen) atoms. The summed E-state index contributed by atoms with van der Waals surface area (Å²) < 4.78 is 12.3. The number of nitrogens with zero attached hydrogens (tertiary/aromatic N) is 12. The van der Waals surface area contributed by atoms with Gasteiger partial charge in [-0.3, -0.25) is 0 Å². The van der Waals surface area contributed by atoms with Gasteiger partial charge in [0.25, 0.3) is 11.6 Å². The monoisotopic (exact) mass is 384 g/mol. The molecule has 21 heteroatoms. The first-order valence-corrected chi connectivity index (χ1v) is 6.02. The van der Waals surface area contributed by atoms with Crippen LogP contribution in [0.25, 0.3) is 0 Å². The highest BCUT2D eigenvalue weighted by Crippen LogP contribution is 2.29. The lowest BCUT2D eigenvalue weighted by atomic mass is 10.6. The number of azo groups is 2. The molecule has 0 radical (unpaired) electrons. The Morgan fingerprint density at radius 3 is 1.30 bits per heavy atom. The third-order valence-corrected chi connectivity index (χ3v) is 2.44. The lowest BCUT2D eigenvalue weighted by Gasteiger charge is -1.98. The first-order valence-electron chi connectivity index (χ1n) is 6.02. The second-order valence-corrected chi connectivity index (χ2v) is 3.99. The lowest BCUT2D eigenvalue weighted by molar-refractivity contribution is -0.461. The van der Waals surface area contributed by atoms with Gasteiger partial charge in [-0.15, -0.1) is 9.72 Å². The molecule has 0 spiro atoms. The van der Waals surface area contributed by atoms with Crippen LogP contribution in [0.3, 0.4) is 0 Å². The Morgan fingerprint density at radius 1 is 0.593 bits per heavy atom. The van der Waals surface area contributed by atoms with Gasteiger partial charge in [-0.25, -0.2) is 4.63 Å². The molecule has 0 aliphatic heterocycles. The molecule has 0 atom stereocenters. The van der Waals surface area contributed by atoms with E-state index in [1.165, 1.54) is 0 Å². The third kappa shape index (κ3) is 3.16. The number of hydrogen-bond donors (Lipinski definition) is 0. The topological polar surface area (TPSA) is 280 Å². The third-order valence-electron chi connectivity index (χ3n) is 2.44. The van der Waals surface area contributed by atoms with E-state index in [9.17, 15) is 30.6 Å². The van der Waals surface area contributed by atoms with Crippen molar-refractivity contribution in [1.82, 2.24) is 30.9 Å². The minimum Gasteiger partial charge on any atom is -0.690 e. The van der Waals surface area contributed by atoms with Crippen LogP contribution in [0.2, 0.25) is 0 Å². The maximum Gasteiger partial charge on any atom is 0.515 e. The fraction of sp³-hybridized carbons (Fsp3) is 0. The maximum absolute atomic E-state index is 11.8. The highest BCUT2D eigenvalue weighted by molar-refractivity contribution is 5.47. The van der Waals surface area contributed by atoms with Crippen LogP contribution in [0.4, 0.5) is 34.9 Å². The van der Waals surface area contributed by atoms with Gasteiger partial charge in [0.05, 0.1) is 0 Å².